The number of benzene rings is 2. The molecule has 0 saturated heterocycles. The van der Waals surface area contributed by atoms with E-state index in [1.165, 1.54) is 11.1 Å². The smallest absolute Gasteiger partial charge is 0.119 e. The Morgan fingerprint density at radius 2 is 1.70 bits per heavy atom. The molecule has 1 unspecified atom stereocenters. The van der Waals surface area contributed by atoms with E-state index in [0.717, 1.165) is 18.7 Å². The number of nitrogens with one attached hydrogen (secondary N) is 1. The summed E-state index contributed by atoms with van der Waals surface area (Å²) in [6.07, 6.45) is 1.12. The molecule has 0 aliphatic rings. The predicted octanol–water partition coefficient (Wildman–Crippen LogP) is 4.11. The van der Waals surface area contributed by atoms with Gasteiger partial charge in [-0.05, 0) is 37.6 Å². The molecule has 2 heteroatoms. The Labute approximate surface area is 121 Å². The molecule has 0 bridgehead atoms. The summed E-state index contributed by atoms with van der Waals surface area (Å²) in [6.45, 7) is 5.90. The molecular formula is C18H23NO. The van der Waals surface area contributed by atoms with Crippen LogP contribution in [0.5, 0.6) is 5.75 Å². The first-order chi connectivity index (χ1) is 9.79. The van der Waals surface area contributed by atoms with Crippen LogP contribution >= 0.6 is 0 Å². The second kappa shape index (κ2) is 7.71. The average molecular weight is 269 g/mol. The van der Waals surface area contributed by atoms with Gasteiger partial charge in [-0.25, -0.2) is 0 Å². The molecule has 1 atom stereocenters. The molecular weight excluding hydrogens is 246 g/mol. The van der Waals surface area contributed by atoms with Crippen LogP contribution in [0, 0.1) is 6.92 Å². The maximum Gasteiger partial charge on any atom is 0.119 e. The first-order valence-electron chi connectivity index (χ1n) is 7.27. The molecule has 0 fully saturated rings. The van der Waals surface area contributed by atoms with Gasteiger partial charge in [0.25, 0.3) is 0 Å². The quantitative estimate of drug-likeness (QED) is 0.816. The van der Waals surface area contributed by atoms with E-state index in [-0.39, 0.29) is 6.04 Å². The minimum Gasteiger partial charge on any atom is -0.492 e. The molecule has 2 aromatic rings. The maximum atomic E-state index is 5.91. The van der Waals surface area contributed by atoms with E-state index in [0.29, 0.717) is 6.61 Å². The van der Waals surface area contributed by atoms with Crippen LogP contribution in [0.25, 0.3) is 0 Å². The molecule has 2 rings (SSSR count). The Kier molecular flexibility index (Phi) is 5.63. The largest absolute Gasteiger partial charge is 0.492 e. The number of aryl methyl sites for hydroxylation is 1. The lowest BCUT2D eigenvalue weighted by atomic mass is 10.1. The fourth-order valence-electron chi connectivity index (χ4n) is 2.09. The van der Waals surface area contributed by atoms with Gasteiger partial charge in [0.1, 0.15) is 12.4 Å². The van der Waals surface area contributed by atoms with Crippen LogP contribution in [0.2, 0.25) is 0 Å². The highest BCUT2D eigenvalue weighted by atomic mass is 16.5. The summed E-state index contributed by atoms with van der Waals surface area (Å²) in [5.74, 6) is 0.926. The Hall–Kier alpha value is -1.80. The first kappa shape index (κ1) is 14.6. The third-order valence-electron chi connectivity index (χ3n) is 3.28. The van der Waals surface area contributed by atoms with Gasteiger partial charge in [-0.15, -0.1) is 0 Å². The molecule has 0 spiro atoms. The monoisotopic (exact) mass is 269 g/mol. The fraction of sp³-hybridized carbons (Fsp3) is 0.333. The second-order valence-corrected chi connectivity index (χ2v) is 5.04. The number of ether oxygens (including phenoxy) is 1. The topological polar surface area (TPSA) is 21.3 Å². The Morgan fingerprint density at radius 1 is 1.00 bits per heavy atom. The van der Waals surface area contributed by atoms with E-state index in [4.69, 9.17) is 4.74 Å². The van der Waals surface area contributed by atoms with Crippen molar-refractivity contribution < 1.29 is 4.74 Å². The first-order valence-corrected chi connectivity index (χ1v) is 7.27. The summed E-state index contributed by atoms with van der Waals surface area (Å²) in [7, 11) is 0. The Morgan fingerprint density at radius 3 is 2.35 bits per heavy atom. The molecule has 0 aromatic heterocycles. The van der Waals surface area contributed by atoms with Crippen molar-refractivity contribution in [1.29, 1.82) is 0 Å². The zero-order chi connectivity index (χ0) is 14.2. The van der Waals surface area contributed by atoms with Crippen LogP contribution in [0.1, 0.15) is 30.5 Å². The van der Waals surface area contributed by atoms with E-state index >= 15 is 0 Å². The van der Waals surface area contributed by atoms with Crippen LogP contribution in [0.3, 0.4) is 0 Å². The Bertz CT molecular complexity index is 493. The van der Waals surface area contributed by atoms with Gasteiger partial charge in [0.05, 0.1) is 6.04 Å². The van der Waals surface area contributed by atoms with E-state index < -0.39 is 0 Å². The van der Waals surface area contributed by atoms with Gasteiger partial charge >= 0.3 is 0 Å². The van der Waals surface area contributed by atoms with Crippen LogP contribution in [0.15, 0.2) is 54.6 Å². The van der Waals surface area contributed by atoms with Crippen LogP contribution in [-0.4, -0.2) is 13.2 Å². The lowest BCUT2D eigenvalue weighted by Gasteiger charge is -2.19. The van der Waals surface area contributed by atoms with Crippen molar-refractivity contribution in [1.82, 2.24) is 5.32 Å². The number of rotatable bonds is 7. The zero-order valence-electron chi connectivity index (χ0n) is 12.3. The van der Waals surface area contributed by atoms with E-state index in [9.17, 15) is 0 Å². The molecule has 2 aromatic carbocycles. The summed E-state index contributed by atoms with van der Waals surface area (Å²) in [5, 5.41) is 3.54. The zero-order valence-corrected chi connectivity index (χ0v) is 12.3. The SMILES string of the molecule is CCCNC(COc1ccc(C)cc1)c1ccccc1. The molecule has 20 heavy (non-hydrogen) atoms. The summed E-state index contributed by atoms with van der Waals surface area (Å²) < 4.78 is 5.91. The van der Waals surface area contributed by atoms with Crippen molar-refractivity contribution in [3.63, 3.8) is 0 Å². The third-order valence-corrected chi connectivity index (χ3v) is 3.28. The molecule has 0 saturated carbocycles. The van der Waals surface area contributed by atoms with Crippen molar-refractivity contribution in [2.24, 2.45) is 0 Å². The fourth-order valence-corrected chi connectivity index (χ4v) is 2.09. The van der Waals surface area contributed by atoms with Crippen LogP contribution in [-0.2, 0) is 0 Å². The van der Waals surface area contributed by atoms with Gasteiger partial charge in [-0.3, -0.25) is 0 Å². The normalized spacial score (nSPS) is 12.1. The number of hydrogen-bond donors (Lipinski definition) is 1. The second-order valence-electron chi connectivity index (χ2n) is 5.04. The van der Waals surface area contributed by atoms with Crippen molar-refractivity contribution in [2.45, 2.75) is 26.3 Å². The lowest BCUT2D eigenvalue weighted by Crippen LogP contribution is -2.27. The van der Waals surface area contributed by atoms with Crippen molar-refractivity contribution >= 4 is 0 Å². The minimum absolute atomic E-state index is 0.234. The van der Waals surface area contributed by atoms with Crippen molar-refractivity contribution in [2.75, 3.05) is 13.2 Å². The molecule has 0 amide bonds. The summed E-state index contributed by atoms with van der Waals surface area (Å²) in [5.41, 5.74) is 2.52. The van der Waals surface area contributed by atoms with Crippen LogP contribution in [0.4, 0.5) is 0 Å². The molecule has 0 aliphatic carbocycles. The van der Waals surface area contributed by atoms with E-state index in [1.807, 2.05) is 18.2 Å². The lowest BCUT2D eigenvalue weighted by molar-refractivity contribution is 0.266. The van der Waals surface area contributed by atoms with Gasteiger partial charge in [0.15, 0.2) is 0 Å². The third kappa shape index (κ3) is 4.39. The molecule has 0 heterocycles. The van der Waals surface area contributed by atoms with E-state index in [1.54, 1.807) is 0 Å². The van der Waals surface area contributed by atoms with Crippen molar-refractivity contribution in [3.8, 4) is 5.75 Å². The molecule has 2 nitrogen and oxygen atoms in total. The van der Waals surface area contributed by atoms with Gasteiger partial charge in [0.2, 0.25) is 0 Å². The highest BCUT2D eigenvalue weighted by Crippen LogP contribution is 2.17. The number of hydrogen-bond acceptors (Lipinski definition) is 2. The van der Waals surface area contributed by atoms with Gasteiger partial charge < -0.3 is 10.1 Å². The van der Waals surface area contributed by atoms with Gasteiger partial charge in [-0.2, -0.15) is 0 Å². The summed E-state index contributed by atoms with van der Waals surface area (Å²) in [6, 6.07) is 18.9. The highest BCUT2D eigenvalue weighted by molar-refractivity contribution is 5.26. The Balaban J connectivity index is 1.99. The van der Waals surface area contributed by atoms with Gasteiger partial charge in [-0.1, -0.05) is 55.0 Å². The minimum atomic E-state index is 0.234. The maximum absolute atomic E-state index is 5.91. The highest BCUT2D eigenvalue weighted by Gasteiger charge is 2.10. The standard InChI is InChI=1S/C18H23NO/c1-3-13-19-18(16-7-5-4-6-8-16)14-20-17-11-9-15(2)10-12-17/h4-12,18-19H,3,13-14H2,1-2H3. The van der Waals surface area contributed by atoms with E-state index in [2.05, 4.69) is 55.6 Å². The summed E-state index contributed by atoms with van der Waals surface area (Å²) >= 11 is 0. The summed E-state index contributed by atoms with van der Waals surface area (Å²) in [4.78, 5) is 0. The predicted molar refractivity (Wildman–Crippen MR) is 84.2 cm³/mol. The molecule has 1 N–H and O–H groups in total. The van der Waals surface area contributed by atoms with Crippen LogP contribution < -0.4 is 10.1 Å². The van der Waals surface area contributed by atoms with Crippen molar-refractivity contribution in [3.05, 3.63) is 65.7 Å². The molecule has 106 valence electrons. The molecule has 0 aliphatic heterocycles. The van der Waals surface area contributed by atoms with Gasteiger partial charge in [0, 0.05) is 0 Å². The molecule has 0 radical (unpaired) electrons. The average Bonchev–Trinajstić information content (AvgIpc) is 2.50.